The lowest BCUT2D eigenvalue weighted by Gasteiger charge is -2.13. The van der Waals surface area contributed by atoms with Gasteiger partial charge in [0.05, 0.1) is 24.3 Å². The number of benzene rings is 2. The van der Waals surface area contributed by atoms with Crippen LogP contribution in [0.5, 0.6) is 0 Å². The summed E-state index contributed by atoms with van der Waals surface area (Å²) in [7, 11) is 0. The Kier molecular flexibility index (Phi) is 4.56. The third kappa shape index (κ3) is 3.25. The maximum absolute atomic E-state index is 10.0. The summed E-state index contributed by atoms with van der Waals surface area (Å²) in [5.41, 5.74) is 7.41. The predicted octanol–water partition coefficient (Wildman–Crippen LogP) is 1.60. The van der Waals surface area contributed by atoms with Crippen LogP contribution >= 0.6 is 0 Å². The standard InChI is InChI=1S/C22H19N5O3/c23-21-16-11-24-27(20-10-17(29)18(12-28)30-20)22(16)26-19(25-21)8-6-13-5-7-14-3-1-2-4-15(14)9-13/h1-5,7,9,11,17-18,20,28-29H,10,12H2,(H2,23,25,26)/t17-,18+,20+/m0/s1. The maximum Gasteiger partial charge on any atom is 0.209 e. The number of anilines is 1. The number of hydrogen-bond acceptors (Lipinski definition) is 7. The molecule has 3 atom stereocenters. The second-order valence-corrected chi connectivity index (χ2v) is 7.19. The third-order valence-electron chi connectivity index (χ3n) is 5.21. The molecule has 8 nitrogen and oxygen atoms in total. The van der Waals surface area contributed by atoms with Crippen LogP contribution in [-0.4, -0.2) is 48.8 Å². The van der Waals surface area contributed by atoms with Crippen molar-refractivity contribution in [2.45, 2.75) is 24.9 Å². The highest BCUT2D eigenvalue weighted by Gasteiger charge is 2.35. The van der Waals surface area contributed by atoms with Crippen molar-refractivity contribution >= 4 is 27.6 Å². The molecule has 5 rings (SSSR count). The Bertz CT molecular complexity index is 1310. The Morgan fingerprint density at radius 1 is 1.13 bits per heavy atom. The zero-order valence-corrected chi connectivity index (χ0v) is 15.9. The summed E-state index contributed by atoms with van der Waals surface area (Å²) in [4.78, 5) is 8.78. The quantitative estimate of drug-likeness (QED) is 0.437. The molecule has 1 saturated heterocycles. The van der Waals surface area contributed by atoms with Crippen molar-refractivity contribution in [2.75, 3.05) is 12.3 Å². The maximum atomic E-state index is 10.0. The van der Waals surface area contributed by atoms with Crippen LogP contribution in [0.25, 0.3) is 21.8 Å². The Morgan fingerprint density at radius 3 is 2.77 bits per heavy atom. The van der Waals surface area contributed by atoms with E-state index >= 15 is 0 Å². The van der Waals surface area contributed by atoms with Gasteiger partial charge in [0.25, 0.3) is 0 Å². The van der Waals surface area contributed by atoms with Crippen molar-refractivity contribution in [1.82, 2.24) is 19.7 Å². The van der Waals surface area contributed by atoms with Gasteiger partial charge in [-0.05, 0) is 28.8 Å². The summed E-state index contributed by atoms with van der Waals surface area (Å²) in [6.07, 6.45) is -0.117. The number of nitrogens with two attached hydrogens (primary N) is 1. The van der Waals surface area contributed by atoms with Gasteiger partial charge in [-0.15, -0.1) is 0 Å². The average Bonchev–Trinajstić information content (AvgIpc) is 3.35. The molecule has 4 aromatic rings. The van der Waals surface area contributed by atoms with E-state index in [2.05, 4.69) is 33.0 Å². The minimum Gasteiger partial charge on any atom is -0.394 e. The van der Waals surface area contributed by atoms with Gasteiger partial charge >= 0.3 is 0 Å². The Hall–Kier alpha value is -3.51. The highest BCUT2D eigenvalue weighted by Crippen LogP contribution is 2.31. The minimum atomic E-state index is -0.773. The lowest BCUT2D eigenvalue weighted by atomic mass is 10.1. The summed E-state index contributed by atoms with van der Waals surface area (Å²) < 4.78 is 7.24. The molecule has 1 aliphatic rings. The number of nitrogen functional groups attached to an aromatic ring is 1. The van der Waals surface area contributed by atoms with Crippen molar-refractivity contribution in [3.8, 4) is 11.8 Å². The second-order valence-electron chi connectivity index (χ2n) is 7.19. The molecule has 30 heavy (non-hydrogen) atoms. The molecule has 2 aromatic carbocycles. The molecule has 150 valence electrons. The van der Waals surface area contributed by atoms with Gasteiger partial charge in [-0.2, -0.15) is 5.10 Å². The number of aromatic nitrogens is 4. The van der Waals surface area contributed by atoms with E-state index in [1.165, 1.54) is 0 Å². The zero-order valence-electron chi connectivity index (χ0n) is 15.9. The van der Waals surface area contributed by atoms with E-state index < -0.39 is 18.4 Å². The van der Waals surface area contributed by atoms with Crippen LogP contribution in [0.3, 0.4) is 0 Å². The first-order valence-corrected chi connectivity index (χ1v) is 9.58. The average molecular weight is 401 g/mol. The van der Waals surface area contributed by atoms with Crippen molar-refractivity contribution < 1.29 is 14.9 Å². The normalized spacial score (nSPS) is 21.1. The molecule has 2 aromatic heterocycles. The molecule has 0 radical (unpaired) electrons. The van der Waals surface area contributed by atoms with Crippen LogP contribution in [0.4, 0.5) is 5.82 Å². The molecule has 1 aliphatic heterocycles. The van der Waals surface area contributed by atoms with Gasteiger partial charge in [0.15, 0.2) is 11.9 Å². The van der Waals surface area contributed by atoms with Crippen molar-refractivity contribution in [3.63, 3.8) is 0 Å². The van der Waals surface area contributed by atoms with E-state index in [0.29, 0.717) is 17.5 Å². The van der Waals surface area contributed by atoms with Crippen LogP contribution in [0.15, 0.2) is 48.7 Å². The Morgan fingerprint density at radius 2 is 1.97 bits per heavy atom. The molecule has 8 heteroatoms. The smallest absolute Gasteiger partial charge is 0.209 e. The summed E-state index contributed by atoms with van der Waals surface area (Å²) in [5, 5.41) is 26.5. The number of aliphatic hydroxyl groups is 2. The number of fused-ring (bicyclic) bond motifs is 2. The highest BCUT2D eigenvalue weighted by molar-refractivity contribution is 5.86. The van der Waals surface area contributed by atoms with Crippen molar-refractivity contribution in [1.29, 1.82) is 0 Å². The van der Waals surface area contributed by atoms with E-state index in [0.717, 1.165) is 16.3 Å². The van der Waals surface area contributed by atoms with Crippen LogP contribution in [0.1, 0.15) is 24.0 Å². The Balaban J connectivity index is 1.51. The number of rotatable bonds is 2. The lowest BCUT2D eigenvalue weighted by Crippen LogP contribution is -2.24. The number of aliphatic hydroxyl groups excluding tert-OH is 2. The van der Waals surface area contributed by atoms with Gasteiger partial charge in [-0.1, -0.05) is 36.3 Å². The predicted molar refractivity (Wildman–Crippen MR) is 111 cm³/mol. The molecular weight excluding hydrogens is 382 g/mol. The van der Waals surface area contributed by atoms with Crippen LogP contribution in [-0.2, 0) is 4.74 Å². The van der Waals surface area contributed by atoms with Crippen LogP contribution in [0.2, 0.25) is 0 Å². The minimum absolute atomic E-state index is 0.267. The Labute approximate surface area is 171 Å². The second kappa shape index (κ2) is 7.39. The van der Waals surface area contributed by atoms with E-state index in [1.54, 1.807) is 10.9 Å². The SMILES string of the molecule is Nc1nc(C#Cc2ccc3ccccc3c2)nc2c1cnn2[C@H]1C[C@H](O)[C@@H](CO)O1. The van der Waals surface area contributed by atoms with Gasteiger partial charge in [0, 0.05) is 12.0 Å². The molecule has 0 unspecified atom stereocenters. The summed E-state index contributed by atoms with van der Waals surface area (Å²) in [5.74, 6) is 6.60. The van der Waals surface area contributed by atoms with Gasteiger partial charge in [0.2, 0.25) is 5.82 Å². The van der Waals surface area contributed by atoms with E-state index in [9.17, 15) is 10.2 Å². The molecule has 0 spiro atoms. The van der Waals surface area contributed by atoms with E-state index in [4.69, 9.17) is 10.5 Å². The van der Waals surface area contributed by atoms with Crippen LogP contribution in [0, 0.1) is 11.8 Å². The van der Waals surface area contributed by atoms with Gasteiger partial charge in [-0.25, -0.2) is 14.6 Å². The van der Waals surface area contributed by atoms with Crippen molar-refractivity contribution in [2.24, 2.45) is 0 Å². The fourth-order valence-electron chi connectivity index (χ4n) is 3.64. The molecule has 3 heterocycles. The van der Waals surface area contributed by atoms with Gasteiger partial charge in [0.1, 0.15) is 11.9 Å². The first kappa shape index (κ1) is 18.5. The molecule has 4 N–H and O–H groups in total. The molecule has 0 bridgehead atoms. The fourth-order valence-corrected chi connectivity index (χ4v) is 3.64. The highest BCUT2D eigenvalue weighted by atomic mass is 16.5. The molecular formula is C22H19N5O3. The fraction of sp³-hybridized carbons (Fsp3) is 0.227. The summed E-state index contributed by atoms with van der Waals surface area (Å²) >= 11 is 0. The molecule has 0 amide bonds. The first-order chi connectivity index (χ1) is 14.6. The number of nitrogens with zero attached hydrogens (tertiary/aromatic N) is 4. The lowest BCUT2D eigenvalue weighted by molar-refractivity contribution is -0.0470. The largest absolute Gasteiger partial charge is 0.394 e. The third-order valence-corrected chi connectivity index (χ3v) is 5.21. The molecule has 0 aliphatic carbocycles. The van der Waals surface area contributed by atoms with Gasteiger partial charge in [-0.3, -0.25) is 0 Å². The van der Waals surface area contributed by atoms with E-state index in [-0.39, 0.29) is 18.2 Å². The van der Waals surface area contributed by atoms with Crippen molar-refractivity contribution in [3.05, 3.63) is 60.0 Å². The molecule has 0 saturated carbocycles. The first-order valence-electron chi connectivity index (χ1n) is 9.58. The summed E-state index contributed by atoms with van der Waals surface area (Å²) in [6.45, 7) is -0.267. The topological polar surface area (TPSA) is 119 Å². The molecule has 1 fully saturated rings. The zero-order chi connectivity index (χ0) is 20.7. The van der Waals surface area contributed by atoms with E-state index in [1.807, 2.05) is 36.4 Å². The van der Waals surface area contributed by atoms with Crippen LogP contribution < -0.4 is 5.73 Å². The number of hydrogen-bond donors (Lipinski definition) is 3. The number of ether oxygens (including phenoxy) is 1. The monoisotopic (exact) mass is 401 g/mol. The summed E-state index contributed by atoms with van der Waals surface area (Å²) in [6, 6.07) is 14.1. The van der Waals surface area contributed by atoms with Gasteiger partial charge < -0.3 is 20.7 Å².